The zero-order valence-corrected chi connectivity index (χ0v) is 11.1. The highest BCUT2D eigenvalue weighted by Crippen LogP contribution is 2.18. The van der Waals surface area contributed by atoms with Crippen molar-refractivity contribution in [3.05, 3.63) is 39.7 Å². The predicted molar refractivity (Wildman–Crippen MR) is 71.0 cm³/mol. The number of carbonyl (C=O) groups excluding carboxylic acids is 1. The first kappa shape index (κ1) is 14.4. The molecular weight excluding hydrogens is 265 g/mol. The number of nitrogens with zero attached hydrogens (tertiary/aromatic N) is 2. The molecule has 6 nitrogen and oxygen atoms in total. The quantitative estimate of drug-likeness (QED) is 0.669. The molecule has 0 aromatic heterocycles. The molecule has 1 saturated heterocycles. The Morgan fingerprint density at radius 2 is 2.35 bits per heavy atom. The van der Waals surface area contributed by atoms with E-state index in [1.165, 1.54) is 6.07 Å². The van der Waals surface area contributed by atoms with Gasteiger partial charge in [0.2, 0.25) is 5.82 Å². The molecule has 1 aliphatic heterocycles. The Balaban J connectivity index is 1.95. The average Bonchev–Trinajstić information content (AvgIpc) is 2.81. The van der Waals surface area contributed by atoms with E-state index < -0.39 is 22.3 Å². The van der Waals surface area contributed by atoms with Crippen molar-refractivity contribution in [3.63, 3.8) is 0 Å². The molecule has 7 heteroatoms. The largest absolute Gasteiger partial charge is 0.352 e. The normalized spacial score (nSPS) is 19.0. The Hall–Kier alpha value is -2.02. The van der Waals surface area contributed by atoms with E-state index in [2.05, 4.69) is 10.2 Å². The van der Waals surface area contributed by atoms with Crippen LogP contribution in [0.1, 0.15) is 16.8 Å². The number of carbonyl (C=O) groups is 1. The molecule has 0 radical (unpaired) electrons. The Bertz CT molecular complexity index is 536. The van der Waals surface area contributed by atoms with Crippen LogP contribution in [-0.4, -0.2) is 42.4 Å². The number of halogens is 1. The number of nitrogens with one attached hydrogen (secondary N) is 1. The summed E-state index contributed by atoms with van der Waals surface area (Å²) in [5.41, 5.74) is -0.529. The molecule has 1 aliphatic rings. The van der Waals surface area contributed by atoms with Crippen molar-refractivity contribution in [1.82, 2.24) is 10.2 Å². The molecule has 1 heterocycles. The summed E-state index contributed by atoms with van der Waals surface area (Å²) in [6.45, 7) is 2.46. The predicted octanol–water partition coefficient (Wildman–Crippen LogP) is 1.42. The number of rotatable bonds is 4. The van der Waals surface area contributed by atoms with Crippen molar-refractivity contribution in [2.75, 3.05) is 26.7 Å². The summed E-state index contributed by atoms with van der Waals surface area (Å²) in [6.07, 6.45) is 1.02. The second-order valence-corrected chi connectivity index (χ2v) is 5.05. The molecule has 1 unspecified atom stereocenters. The molecule has 1 N–H and O–H groups in total. The summed E-state index contributed by atoms with van der Waals surface area (Å²) in [7, 11) is 2.02. The lowest BCUT2D eigenvalue weighted by molar-refractivity contribution is -0.387. The smallest absolute Gasteiger partial charge is 0.304 e. The van der Waals surface area contributed by atoms with Gasteiger partial charge in [-0.1, -0.05) is 0 Å². The van der Waals surface area contributed by atoms with Crippen LogP contribution in [0.15, 0.2) is 18.2 Å². The highest BCUT2D eigenvalue weighted by atomic mass is 19.1. The first-order valence-electron chi connectivity index (χ1n) is 6.38. The number of hydrogen-bond donors (Lipinski definition) is 1. The minimum Gasteiger partial charge on any atom is -0.352 e. The molecule has 108 valence electrons. The second kappa shape index (κ2) is 5.96. The average molecular weight is 281 g/mol. The van der Waals surface area contributed by atoms with Crippen LogP contribution in [0.4, 0.5) is 10.1 Å². The van der Waals surface area contributed by atoms with Gasteiger partial charge in [-0.2, -0.15) is 4.39 Å². The van der Waals surface area contributed by atoms with Crippen molar-refractivity contribution >= 4 is 11.6 Å². The molecular formula is C13H16FN3O3. The number of likely N-dealkylation sites (tertiary alicyclic amines) is 1. The maximum Gasteiger partial charge on any atom is 0.304 e. The zero-order valence-electron chi connectivity index (χ0n) is 11.1. The lowest BCUT2D eigenvalue weighted by Gasteiger charge is -2.11. The molecule has 0 saturated carbocycles. The molecule has 1 fully saturated rings. The fourth-order valence-corrected chi connectivity index (χ4v) is 2.33. The van der Waals surface area contributed by atoms with Crippen molar-refractivity contribution < 1.29 is 14.1 Å². The van der Waals surface area contributed by atoms with Crippen LogP contribution in [0.2, 0.25) is 0 Å². The van der Waals surface area contributed by atoms with E-state index in [4.69, 9.17) is 0 Å². The van der Waals surface area contributed by atoms with E-state index >= 15 is 0 Å². The van der Waals surface area contributed by atoms with Gasteiger partial charge in [0.25, 0.3) is 5.91 Å². The van der Waals surface area contributed by atoms with Crippen molar-refractivity contribution in [1.29, 1.82) is 0 Å². The molecule has 0 aliphatic carbocycles. The third kappa shape index (κ3) is 3.30. The summed E-state index contributed by atoms with van der Waals surface area (Å²) in [4.78, 5) is 23.7. The van der Waals surface area contributed by atoms with Gasteiger partial charge < -0.3 is 10.2 Å². The van der Waals surface area contributed by atoms with Gasteiger partial charge in [0.15, 0.2) is 0 Å². The fourth-order valence-electron chi connectivity index (χ4n) is 2.33. The van der Waals surface area contributed by atoms with Crippen LogP contribution in [0, 0.1) is 21.8 Å². The number of nitro benzene ring substituents is 1. The van der Waals surface area contributed by atoms with Gasteiger partial charge in [-0.05, 0) is 38.1 Å². The molecule has 2 rings (SSSR count). The number of benzene rings is 1. The topological polar surface area (TPSA) is 75.5 Å². The Kier molecular flexibility index (Phi) is 4.29. The SMILES string of the molecule is CN1CCC(CNC(=O)c2ccc([N+](=O)[O-])c(F)c2)C1. The van der Waals surface area contributed by atoms with Crippen LogP contribution >= 0.6 is 0 Å². The van der Waals surface area contributed by atoms with Crippen molar-refractivity contribution in [3.8, 4) is 0 Å². The first-order chi connectivity index (χ1) is 9.47. The lowest BCUT2D eigenvalue weighted by atomic mass is 10.1. The minimum atomic E-state index is -0.997. The van der Waals surface area contributed by atoms with Crippen LogP contribution in [0.5, 0.6) is 0 Å². The summed E-state index contributed by atoms with van der Waals surface area (Å²) in [5.74, 6) is -1.01. The van der Waals surface area contributed by atoms with E-state index in [1.54, 1.807) is 0 Å². The lowest BCUT2D eigenvalue weighted by Crippen LogP contribution is -2.30. The summed E-state index contributed by atoms with van der Waals surface area (Å²) in [6, 6.07) is 3.17. The standard InChI is InChI=1S/C13H16FN3O3/c1-16-5-4-9(8-16)7-15-13(18)10-2-3-12(17(19)20)11(14)6-10/h2-3,6,9H,4-5,7-8H2,1H3,(H,15,18). The van der Waals surface area contributed by atoms with Crippen molar-refractivity contribution in [2.24, 2.45) is 5.92 Å². The summed E-state index contributed by atoms with van der Waals surface area (Å²) in [5, 5.41) is 13.2. The van der Waals surface area contributed by atoms with Crippen LogP contribution < -0.4 is 5.32 Å². The van der Waals surface area contributed by atoms with Crippen molar-refractivity contribution in [2.45, 2.75) is 6.42 Å². The maximum atomic E-state index is 13.4. The van der Waals surface area contributed by atoms with Gasteiger partial charge in [-0.15, -0.1) is 0 Å². The van der Waals surface area contributed by atoms with Gasteiger partial charge in [-0.3, -0.25) is 14.9 Å². The highest BCUT2D eigenvalue weighted by Gasteiger charge is 2.21. The van der Waals surface area contributed by atoms with Crippen LogP contribution in [-0.2, 0) is 0 Å². The summed E-state index contributed by atoms with van der Waals surface area (Å²) < 4.78 is 13.4. The van der Waals surface area contributed by atoms with Crippen LogP contribution in [0.25, 0.3) is 0 Å². The Labute approximate surface area is 115 Å². The molecule has 1 atom stereocenters. The number of amides is 1. The van der Waals surface area contributed by atoms with Crippen LogP contribution in [0.3, 0.4) is 0 Å². The molecule has 20 heavy (non-hydrogen) atoms. The van der Waals surface area contributed by atoms with E-state index in [0.717, 1.165) is 31.6 Å². The van der Waals surface area contributed by atoms with E-state index in [1.807, 2.05) is 7.05 Å². The van der Waals surface area contributed by atoms with E-state index in [9.17, 15) is 19.3 Å². The summed E-state index contributed by atoms with van der Waals surface area (Å²) >= 11 is 0. The van der Waals surface area contributed by atoms with Gasteiger partial charge in [0.1, 0.15) is 0 Å². The molecule has 0 spiro atoms. The molecule has 1 aromatic carbocycles. The highest BCUT2D eigenvalue weighted by molar-refractivity contribution is 5.94. The fraction of sp³-hybridized carbons (Fsp3) is 0.462. The third-order valence-corrected chi connectivity index (χ3v) is 3.45. The maximum absolute atomic E-state index is 13.4. The third-order valence-electron chi connectivity index (χ3n) is 3.45. The Morgan fingerprint density at radius 3 is 2.90 bits per heavy atom. The van der Waals surface area contributed by atoms with Gasteiger partial charge in [0, 0.05) is 24.7 Å². The molecule has 1 amide bonds. The second-order valence-electron chi connectivity index (χ2n) is 5.05. The number of hydrogen-bond acceptors (Lipinski definition) is 4. The number of nitro groups is 1. The van der Waals surface area contributed by atoms with E-state index in [0.29, 0.717) is 12.5 Å². The molecule has 1 aromatic rings. The monoisotopic (exact) mass is 281 g/mol. The van der Waals surface area contributed by atoms with Gasteiger partial charge in [-0.25, -0.2) is 0 Å². The zero-order chi connectivity index (χ0) is 14.7. The van der Waals surface area contributed by atoms with E-state index in [-0.39, 0.29) is 5.56 Å². The van der Waals surface area contributed by atoms with Gasteiger partial charge >= 0.3 is 5.69 Å². The minimum absolute atomic E-state index is 0.0967. The molecule has 0 bridgehead atoms. The van der Waals surface area contributed by atoms with Gasteiger partial charge in [0.05, 0.1) is 4.92 Å². The Morgan fingerprint density at radius 1 is 1.60 bits per heavy atom. The first-order valence-corrected chi connectivity index (χ1v) is 6.38.